The fourth-order valence-corrected chi connectivity index (χ4v) is 1.85. The summed E-state index contributed by atoms with van der Waals surface area (Å²) >= 11 is 0. The van der Waals surface area contributed by atoms with Gasteiger partial charge in [0.05, 0.1) is 6.10 Å². The van der Waals surface area contributed by atoms with Crippen LogP contribution in [0.5, 0.6) is 0 Å². The SMILES string of the molecule is Cc1ccc(C2=CCC(O)CC2)cc1. The molecule has 1 aliphatic rings. The minimum absolute atomic E-state index is 0.121. The van der Waals surface area contributed by atoms with Gasteiger partial charge in [-0.3, -0.25) is 0 Å². The Kier molecular flexibility index (Phi) is 2.69. The highest BCUT2D eigenvalue weighted by Crippen LogP contribution is 2.26. The zero-order valence-electron chi connectivity index (χ0n) is 8.53. The smallest absolute Gasteiger partial charge is 0.0578 e. The molecule has 14 heavy (non-hydrogen) atoms. The lowest BCUT2D eigenvalue weighted by Crippen LogP contribution is -2.09. The Labute approximate surface area is 85.1 Å². The van der Waals surface area contributed by atoms with E-state index in [9.17, 15) is 5.11 Å². The molecule has 0 bridgehead atoms. The molecule has 0 radical (unpaired) electrons. The number of hydrogen-bond donors (Lipinski definition) is 1. The van der Waals surface area contributed by atoms with Crippen LogP contribution in [0.1, 0.15) is 30.4 Å². The van der Waals surface area contributed by atoms with E-state index in [1.807, 2.05) is 0 Å². The molecule has 1 unspecified atom stereocenters. The lowest BCUT2D eigenvalue weighted by molar-refractivity contribution is 0.166. The Morgan fingerprint density at radius 3 is 2.50 bits per heavy atom. The van der Waals surface area contributed by atoms with E-state index in [4.69, 9.17) is 0 Å². The van der Waals surface area contributed by atoms with Crippen molar-refractivity contribution in [2.24, 2.45) is 0 Å². The van der Waals surface area contributed by atoms with Crippen LogP contribution in [-0.4, -0.2) is 11.2 Å². The fraction of sp³-hybridized carbons (Fsp3) is 0.385. The summed E-state index contributed by atoms with van der Waals surface area (Å²) in [6.07, 6.45) is 4.76. The van der Waals surface area contributed by atoms with Gasteiger partial charge in [0, 0.05) is 0 Å². The summed E-state index contributed by atoms with van der Waals surface area (Å²) in [7, 11) is 0. The molecule has 1 aliphatic carbocycles. The summed E-state index contributed by atoms with van der Waals surface area (Å²) in [5.41, 5.74) is 3.99. The molecule has 0 saturated heterocycles. The van der Waals surface area contributed by atoms with Crippen molar-refractivity contribution < 1.29 is 5.11 Å². The number of aryl methyl sites for hydroxylation is 1. The van der Waals surface area contributed by atoms with Gasteiger partial charge in [-0.25, -0.2) is 0 Å². The zero-order chi connectivity index (χ0) is 9.97. The van der Waals surface area contributed by atoms with Crippen LogP contribution < -0.4 is 0 Å². The van der Waals surface area contributed by atoms with E-state index < -0.39 is 0 Å². The van der Waals surface area contributed by atoms with Gasteiger partial charge >= 0.3 is 0 Å². The molecule has 0 heterocycles. The number of rotatable bonds is 1. The van der Waals surface area contributed by atoms with Crippen LogP contribution in [0.3, 0.4) is 0 Å². The minimum atomic E-state index is -0.121. The molecule has 0 aromatic heterocycles. The first-order valence-electron chi connectivity index (χ1n) is 5.20. The molecule has 1 atom stereocenters. The molecule has 0 spiro atoms. The van der Waals surface area contributed by atoms with E-state index >= 15 is 0 Å². The molecule has 1 heteroatoms. The number of allylic oxidation sites excluding steroid dienone is 1. The molecule has 1 nitrogen and oxygen atoms in total. The third kappa shape index (κ3) is 2.05. The van der Waals surface area contributed by atoms with Crippen molar-refractivity contribution in [2.75, 3.05) is 0 Å². The number of benzene rings is 1. The first-order valence-corrected chi connectivity index (χ1v) is 5.20. The molecule has 74 valence electrons. The largest absolute Gasteiger partial charge is 0.393 e. The van der Waals surface area contributed by atoms with Crippen LogP contribution in [0.15, 0.2) is 30.3 Å². The van der Waals surface area contributed by atoms with Crippen LogP contribution in [0.25, 0.3) is 5.57 Å². The van der Waals surface area contributed by atoms with Crippen LogP contribution in [0.2, 0.25) is 0 Å². The van der Waals surface area contributed by atoms with Gasteiger partial charge in [-0.05, 0) is 37.3 Å². The van der Waals surface area contributed by atoms with Crippen LogP contribution in [0.4, 0.5) is 0 Å². The van der Waals surface area contributed by atoms with Crippen molar-refractivity contribution in [1.29, 1.82) is 0 Å². The topological polar surface area (TPSA) is 20.2 Å². The standard InChI is InChI=1S/C13H16O/c1-10-2-4-11(5-3-10)12-6-8-13(14)9-7-12/h2-6,13-14H,7-9H2,1H3. The number of hydrogen-bond acceptors (Lipinski definition) is 1. The highest BCUT2D eigenvalue weighted by Gasteiger charge is 2.12. The second-order valence-corrected chi connectivity index (χ2v) is 4.02. The van der Waals surface area contributed by atoms with E-state index in [-0.39, 0.29) is 6.10 Å². The van der Waals surface area contributed by atoms with E-state index in [1.54, 1.807) is 0 Å². The Bertz CT molecular complexity index is 335. The summed E-state index contributed by atoms with van der Waals surface area (Å²) in [5.74, 6) is 0. The predicted octanol–water partition coefficient (Wildman–Crippen LogP) is 2.92. The molecule has 0 amide bonds. The summed E-state index contributed by atoms with van der Waals surface area (Å²) < 4.78 is 0. The van der Waals surface area contributed by atoms with Gasteiger partial charge in [-0.15, -0.1) is 0 Å². The first-order chi connectivity index (χ1) is 6.75. The summed E-state index contributed by atoms with van der Waals surface area (Å²) in [4.78, 5) is 0. The Morgan fingerprint density at radius 1 is 1.21 bits per heavy atom. The van der Waals surface area contributed by atoms with Gasteiger partial charge < -0.3 is 5.11 Å². The molecule has 2 rings (SSSR count). The second kappa shape index (κ2) is 3.97. The van der Waals surface area contributed by atoms with Gasteiger partial charge in [0.15, 0.2) is 0 Å². The molecule has 0 fully saturated rings. The minimum Gasteiger partial charge on any atom is -0.393 e. The van der Waals surface area contributed by atoms with Crippen molar-refractivity contribution in [3.05, 3.63) is 41.5 Å². The highest BCUT2D eigenvalue weighted by atomic mass is 16.3. The number of aliphatic hydroxyl groups excluding tert-OH is 1. The Hall–Kier alpha value is -1.08. The lowest BCUT2D eigenvalue weighted by atomic mass is 9.92. The first kappa shape index (κ1) is 9.47. The van der Waals surface area contributed by atoms with E-state index in [0.717, 1.165) is 19.3 Å². The van der Waals surface area contributed by atoms with Gasteiger partial charge in [0.25, 0.3) is 0 Å². The average molecular weight is 188 g/mol. The maximum absolute atomic E-state index is 9.37. The molecular weight excluding hydrogens is 172 g/mol. The van der Waals surface area contributed by atoms with Crippen molar-refractivity contribution >= 4 is 5.57 Å². The van der Waals surface area contributed by atoms with E-state index in [2.05, 4.69) is 37.3 Å². The molecule has 0 aliphatic heterocycles. The van der Waals surface area contributed by atoms with E-state index in [1.165, 1.54) is 16.7 Å². The van der Waals surface area contributed by atoms with Crippen LogP contribution in [-0.2, 0) is 0 Å². The van der Waals surface area contributed by atoms with Gasteiger partial charge in [-0.2, -0.15) is 0 Å². The van der Waals surface area contributed by atoms with Gasteiger partial charge in [0.1, 0.15) is 0 Å². The quantitative estimate of drug-likeness (QED) is 0.718. The van der Waals surface area contributed by atoms with Gasteiger partial charge in [0.2, 0.25) is 0 Å². The third-order valence-electron chi connectivity index (χ3n) is 2.81. The van der Waals surface area contributed by atoms with Crippen molar-refractivity contribution in [2.45, 2.75) is 32.3 Å². The van der Waals surface area contributed by atoms with Crippen molar-refractivity contribution in [1.82, 2.24) is 0 Å². The third-order valence-corrected chi connectivity index (χ3v) is 2.81. The van der Waals surface area contributed by atoms with Gasteiger partial charge in [-0.1, -0.05) is 35.9 Å². The molecule has 1 N–H and O–H groups in total. The van der Waals surface area contributed by atoms with Crippen LogP contribution >= 0.6 is 0 Å². The number of aliphatic hydroxyl groups is 1. The summed E-state index contributed by atoms with van der Waals surface area (Å²) in [6.45, 7) is 2.10. The zero-order valence-corrected chi connectivity index (χ0v) is 8.53. The molecule has 0 saturated carbocycles. The maximum atomic E-state index is 9.37. The average Bonchev–Trinajstić information content (AvgIpc) is 2.21. The lowest BCUT2D eigenvalue weighted by Gasteiger charge is -2.17. The maximum Gasteiger partial charge on any atom is 0.0578 e. The monoisotopic (exact) mass is 188 g/mol. The predicted molar refractivity (Wildman–Crippen MR) is 59.0 cm³/mol. The summed E-state index contributed by atoms with van der Waals surface area (Å²) in [6, 6.07) is 8.61. The Balaban J connectivity index is 2.19. The molecule has 1 aromatic carbocycles. The van der Waals surface area contributed by atoms with E-state index in [0.29, 0.717) is 0 Å². The molecule has 1 aromatic rings. The van der Waals surface area contributed by atoms with Crippen LogP contribution in [0, 0.1) is 6.92 Å². The fourth-order valence-electron chi connectivity index (χ4n) is 1.85. The molecular formula is C13H16O. The second-order valence-electron chi connectivity index (χ2n) is 4.02. The van der Waals surface area contributed by atoms with Crippen molar-refractivity contribution in [3.8, 4) is 0 Å². The Morgan fingerprint density at radius 2 is 1.93 bits per heavy atom. The normalized spacial score (nSPS) is 21.9. The van der Waals surface area contributed by atoms with Crippen molar-refractivity contribution in [3.63, 3.8) is 0 Å². The highest BCUT2D eigenvalue weighted by molar-refractivity contribution is 5.66. The summed E-state index contributed by atoms with van der Waals surface area (Å²) in [5, 5.41) is 9.37.